The minimum Gasteiger partial charge on any atom is -1.00 e. The number of hydrogen-bond donors (Lipinski definition) is 0. The van der Waals surface area contributed by atoms with Crippen molar-refractivity contribution in [3.05, 3.63) is 79.9 Å². The summed E-state index contributed by atoms with van der Waals surface area (Å²) < 4.78 is 1.48. The largest absolute Gasteiger partial charge is 1.00 e. The molecule has 0 spiro atoms. The summed E-state index contributed by atoms with van der Waals surface area (Å²) in [5.74, 6) is 3.33. The first kappa shape index (κ1) is 36.4. The molecule has 0 heterocycles. The molecule has 2 aromatic rings. The van der Waals surface area contributed by atoms with E-state index in [1.165, 1.54) is 51.4 Å². The van der Waals surface area contributed by atoms with Gasteiger partial charge in [0.25, 0.3) is 0 Å². The van der Waals surface area contributed by atoms with Gasteiger partial charge in [0.1, 0.15) is 0 Å². The van der Waals surface area contributed by atoms with E-state index in [2.05, 4.69) is 92.7 Å². The van der Waals surface area contributed by atoms with Crippen molar-refractivity contribution in [1.82, 2.24) is 0 Å². The Morgan fingerprint density at radius 3 is 1.20 bits per heavy atom. The van der Waals surface area contributed by atoms with Gasteiger partial charge in [0.15, 0.2) is 0 Å². The first-order valence-corrected chi connectivity index (χ1v) is 26.3. The topological polar surface area (TPSA) is 0 Å². The third kappa shape index (κ3) is 6.15. The van der Waals surface area contributed by atoms with Crippen molar-refractivity contribution in [3.63, 3.8) is 0 Å². The van der Waals surface area contributed by atoms with Crippen LogP contribution in [0.4, 0.5) is 0 Å². The van der Waals surface area contributed by atoms with Gasteiger partial charge in [-0.1, -0.05) is 0 Å². The van der Waals surface area contributed by atoms with E-state index < -0.39 is 25.8 Å². The number of aryl methyl sites for hydroxylation is 2. The molecule has 0 radical (unpaired) electrons. The molecular formula is C40H56Cl2SiZr. The van der Waals surface area contributed by atoms with Crippen molar-refractivity contribution < 1.29 is 45.2 Å². The molecule has 2 unspecified atom stereocenters. The quantitative estimate of drug-likeness (QED) is 0.332. The molecule has 4 aliphatic rings. The summed E-state index contributed by atoms with van der Waals surface area (Å²) in [5, 5.41) is 0. The predicted octanol–water partition coefficient (Wildman–Crippen LogP) is 6.16. The average Bonchev–Trinajstić information content (AvgIpc) is 3.38. The minimum absolute atomic E-state index is 0. The van der Waals surface area contributed by atoms with Gasteiger partial charge in [0, 0.05) is 0 Å². The molecule has 0 aliphatic heterocycles. The summed E-state index contributed by atoms with van der Waals surface area (Å²) in [5.41, 5.74) is 20.1. The third-order valence-corrected chi connectivity index (χ3v) is 32.2. The first-order chi connectivity index (χ1) is 20.0. The second-order valence-corrected chi connectivity index (χ2v) is 33.2. The Morgan fingerprint density at radius 2 is 0.886 bits per heavy atom. The minimum atomic E-state index is -2.11. The fraction of sp³-hybridized carbons (Fsp3) is 0.600. The molecular weight excluding hydrogens is 671 g/mol. The standard InChI is InChI=1S/2C19H25.C2H6Si.2ClH.Zr/c2*1-12-5-8-16(9-6-12)17-10-7-13(2)18-11-14(3)15(4)19(17)18;1-3-2;;;/h2*7,10-12,16H,5-6,8-9H2,1-4H3;1-2H3;2*1H;/q;;;;;+2/p-2. The smallest absolute Gasteiger partial charge is 1.00 e. The van der Waals surface area contributed by atoms with Gasteiger partial charge in [-0.2, -0.15) is 0 Å². The molecule has 0 amide bonds. The van der Waals surface area contributed by atoms with Gasteiger partial charge in [-0.15, -0.1) is 0 Å². The number of halogens is 2. The molecule has 2 aromatic carbocycles. The molecule has 6 rings (SSSR count). The number of allylic oxidation sites excluding steroid dienone is 4. The van der Waals surface area contributed by atoms with Gasteiger partial charge in [-0.25, -0.2) is 0 Å². The van der Waals surface area contributed by atoms with E-state index in [4.69, 9.17) is 0 Å². The van der Waals surface area contributed by atoms with Crippen LogP contribution in [0.2, 0.25) is 13.1 Å². The summed E-state index contributed by atoms with van der Waals surface area (Å²) in [6, 6.07) is 10.2. The Hall–Kier alpha value is -0.400. The van der Waals surface area contributed by atoms with Crippen LogP contribution in [-0.4, -0.2) is 5.43 Å². The van der Waals surface area contributed by atoms with Crippen molar-refractivity contribution in [2.24, 2.45) is 11.8 Å². The summed E-state index contributed by atoms with van der Waals surface area (Å²) in [7, 11) is 0. The van der Waals surface area contributed by atoms with Crippen LogP contribution in [-0.2, 0) is 20.4 Å². The van der Waals surface area contributed by atoms with Gasteiger partial charge < -0.3 is 24.8 Å². The summed E-state index contributed by atoms with van der Waals surface area (Å²) in [4.78, 5) is 0. The zero-order valence-electron chi connectivity index (χ0n) is 29.2. The summed E-state index contributed by atoms with van der Waals surface area (Å²) >= 11 is -2.11. The molecule has 4 heteroatoms. The fourth-order valence-electron chi connectivity index (χ4n) is 9.67. The SMILES string of the molecule is CC1=C(C)[CH]([Zr+2]([CH]2C(C)=C(C)c3c(C4CCC(C)CC4)ccc(C)c32)=[Si](C)C)c2c(C)ccc(C3CCC(C)CC3)c21.[Cl-].[Cl-]. The van der Waals surface area contributed by atoms with E-state index >= 15 is 0 Å². The molecule has 0 saturated heterocycles. The van der Waals surface area contributed by atoms with Crippen LogP contribution in [0.1, 0.15) is 157 Å². The number of hydrogen-bond acceptors (Lipinski definition) is 0. The van der Waals surface area contributed by atoms with Crippen molar-refractivity contribution >= 4 is 16.6 Å². The van der Waals surface area contributed by atoms with Crippen LogP contribution < -0.4 is 24.8 Å². The molecule has 4 aliphatic carbocycles. The number of benzene rings is 2. The maximum absolute atomic E-state index is 2.71. The van der Waals surface area contributed by atoms with Gasteiger partial charge in [0.05, 0.1) is 0 Å². The second-order valence-electron chi connectivity index (χ2n) is 15.4. The van der Waals surface area contributed by atoms with Crippen LogP contribution in [0.3, 0.4) is 0 Å². The van der Waals surface area contributed by atoms with Crippen molar-refractivity contribution in [1.29, 1.82) is 0 Å². The molecule has 238 valence electrons. The van der Waals surface area contributed by atoms with E-state index in [9.17, 15) is 0 Å². The van der Waals surface area contributed by atoms with Crippen LogP contribution in [0.5, 0.6) is 0 Å². The predicted molar refractivity (Wildman–Crippen MR) is 183 cm³/mol. The molecule has 2 fully saturated rings. The Labute approximate surface area is 290 Å². The molecule has 2 atom stereocenters. The first-order valence-electron chi connectivity index (χ1n) is 17.3. The fourth-order valence-corrected chi connectivity index (χ4v) is 31.1. The number of fused-ring (bicyclic) bond motifs is 2. The maximum Gasteiger partial charge on any atom is -1.00 e. The van der Waals surface area contributed by atoms with Gasteiger partial charge in [-0.05, 0) is 0 Å². The van der Waals surface area contributed by atoms with Crippen LogP contribution >= 0.6 is 0 Å². The third-order valence-electron chi connectivity index (χ3n) is 12.5. The summed E-state index contributed by atoms with van der Waals surface area (Å²) in [6.07, 6.45) is 11.1. The monoisotopic (exact) mass is 724 g/mol. The zero-order chi connectivity index (χ0) is 30.0. The van der Waals surface area contributed by atoms with Gasteiger partial charge in [-0.3, -0.25) is 0 Å². The van der Waals surface area contributed by atoms with E-state index in [0.717, 1.165) is 30.9 Å². The molecule has 44 heavy (non-hydrogen) atoms. The number of rotatable bonds is 4. The molecule has 0 N–H and O–H groups in total. The molecule has 0 bridgehead atoms. The molecule has 2 saturated carbocycles. The van der Waals surface area contributed by atoms with Crippen molar-refractivity contribution in [3.8, 4) is 0 Å². The van der Waals surface area contributed by atoms with Crippen LogP contribution in [0, 0.1) is 25.7 Å². The van der Waals surface area contributed by atoms with E-state index in [-0.39, 0.29) is 24.8 Å². The Kier molecular flexibility index (Phi) is 11.9. The molecule has 0 nitrogen and oxygen atoms in total. The Balaban J connectivity index is 0.00000221. The van der Waals surface area contributed by atoms with Crippen molar-refractivity contribution in [2.75, 3.05) is 0 Å². The Morgan fingerprint density at radius 1 is 0.545 bits per heavy atom. The zero-order valence-corrected chi connectivity index (χ0v) is 34.2. The average molecular weight is 727 g/mol. The summed E-state index contributed by atoms with van der Waals surface area (Å²) in [6.45, 7) is 25.4. The van der Waals surface area contributed by atoms with Gasteiger partial charge >= 0.3 is 268 Å². The van der Waals surface area contributed by atoms with E-state index in [1.807, 2.05) is 0 Å². The normalized spacial score (nSPS) is 27.7. The van der Waals surface area contributed by atoms with E-state index in [0.29, 0.717) is 0 Å². The molecule has 0 aromatic heterocycles. The second kappa shape index (κ2) is 14.4. The van der Waals surface area contributed by atoms with Crippen LogP contribution in [0.25, 0.3) is 11.1 Å². The van der Waals surface area contributed by atoms with Gasteiger partial charge in [0.2, 0.25) is 0 Å². The van der Waals surface area contributed by atoms with Crippen LogP contribution in [0.15, 0.2) is 35.4 Å². The van der Waals surface area contributed by atoms with E-state index in [1.54, 1.807) is 66.8 Å². The van der Waals surface area contributed by atoms with Crippen molar-refractivity contribution in [2.45, 2.75) is 139 Å². The Bertz CT molecular complexity index is 1400. The maximum atomic E-state index is 2.71.